The minimum atomic E-state index is -0.885. The molecular weight excluding hydrogens is 562 g/mol. The molecule has 0 saturated carbocycles. The van der Waals surface area contributed by atoms with Gasteiger partial charge in [0.15, 0.2) is 0 Å². The van der Waals surface area contributed by atoms with Crippen LogP contribution in [0.3, 0.4) is 0 Å². The van der Waals surface area contributed by atoms with Gasteiger partial charge in [0.05, 0.1) is 0 Å². The molecule has 2 aromatic rings. The average Bonchev–Trinajstić information content (AvgIpc) is 3.46. The summed E-state index contributed by atoms with van der Waals surface area (Å²) >= 11 is -0.885. The first-order valence-electron chi connectivity index (χ1n) is 14.8. The van der Waals surface area contributed by atoms with Gasteiger partial charge in [0.2, 0.25) is 0 Å². The summed E-state index contributed by atoms with van der Waals surface area (Å²) in [6, 6.07) is 18.9. The molecule has 0 bridgehead atoms. The molecule has 0 aliphatic heterocycles. The first-order valence-corrected chi connectivity index (χ1v) is 20.6. The second-order valence-corrected chi connectivity index (χ2v) is 21.1. The summed E-state index contributed by atoms with van der Waals surface area (Å²) in [5, 5.41) is 3.73. The Balaban J connectivity index is 1.80. The van der Waals surface area contributed by atoms with Crippen molar-refractivity contribution in [3.05, 3.63) is 81.4 Å². The average molecular weight is 610 g/mol. The van der Waals surface area contributed by atoms with Gasteiger partial charge in [0.1, 0.15) is 0 Å². The quantitative estimate of drug-likeness (QED) is 0.210. The molecule has 37 heavy (non-hydrogen) atoms. The Labute approximate surface area is 242 Å². The van der Waals surface area contributed by atoms with Crippen LogP contribution >= 0.6 is 15.8 Å². The summed E-state index contributed by atoms with van der Waals surface area (Å²) in [5.74, 6) is 0. The Bertz CT molecular complexity index is 1010. The summed E-state index contributed by atoms with van der Waals surface area (Å²) in [7, 11) is -0.258. The van der Waals surface area contributed by atoms with Crippen molar-refractivity contribution < 1.29 is 23.2 Å². The molecule has 0 amide bonds. The normalized spacial score (nSPS) is 23.2. The predicted octanol–water partition coefficient (Wildman–Crippen LogP) is 11.4. The Morgan fingerprint density at radius 1 is 0.568 bits per heavy atom. The van der Waals surface area contributed by atoms with Gasteiger partial charge >= 0.3 is 244 Å². The molecule has 4 rings (SSSR count). The van der Waals surface area contributed by atoms with E-state index in [-0.39, 0.29) is 15.8 Å². The maximum absolute atomic E-state index is 2.68. The molecule has 0 heterocycles. The molecule has 0 aromatic heterocycles. The van der Waals surface area contributed by atoms with Crippen LogP contribution in [0.25, 0.3) is 12.2 Å². The van der Waals surface area contributed by atoms with Gasteiger partial charge in [0, 0.05) is 0 Å². The van der Waals surface area contributed by atoms with E-state index in [9.17, 15) is 0 Å². The molecule has 0 fully saturated rings. The zero-order valence-corrected chi connectivity index (χ0v) is 28.7. The van der Waals surface area contributed by atoms with Crippen LogP contribution in [0.1, 0.15) is 111 Å². The van der Waals surface area contributed by atoms with Crippen LogP contribution in [-0.2, 0) is 23.2 Å². The summed E-state index contributed by atoms with van der Waals surface area (Å²) in [6.45, 7) is 19.9. The Morgan fingerprint density at radius 3 is 1.22 bits per heavy atom. The summed E-state index contributed by atoms with van der Waals surface area (Å²) in [4.78, 5) is 0. The second kappa shape index (κ2) is 13.3. The first-order chi connectivity index (χ1) is 17.9. The third kappa shape index (κ3) is 6.06. The van der Waals surface area contributed by atoms with Crippen molar-refractivity contribution in [1.29, 1.82) is 0 Å². The molecule has 198 valence electrons. The number of hydrogen-bond donors (Lipinski definition) is 0. The molecule has 6 atom stereocenters. The van der Waals surface area contributed by atoms with Gasteiger partial charge < -0.3 is 0 Å². The molecule has 0 saturated heterocycles. The van der Waals surface area contributed by atoms with E-state index in [1.54, 1.807) is 11.1 Å². The fourth-order valence-electron chi connectivity index (χ4n) is 6.25. The van der Waals surface area contributed by atoms with Crippen molar-refractivity contribution in [2.45, 2.75) is 111 Å². The number of hydrogen-bond acceptors (Lipinski definition) is 0. The van der Waals surface area contributed by atoms with Gasteiger partial charge in [-0.3, -0.25) is 0 Å². The van der Waals surface area contributed by atoms with Crippen molar-refractivity contribution in [2.24, 2.45) is 0 Å². The van der Waals surface area contributed by atoms with Gasteiger partial charge in [-0.25, -0.2) is 0 Å². The maximum atomic E-state index is 2.68. The Hall–Kier alpha value is -0.337. The fourth-order valence-corrected chi connectivity index (χ4v) is 20.4. The molecule has 0 radical (unpaired) electrons. The molecule has 2 aliphatic rings. The third-order valence-corrected chi connectivity index (χ3v) is 22.1. The van der Waals surface area contributed by atoms with Crippen molar-refractivity contribution in [1.82, 2.24) is 0 Å². The first kappa shape index (κ1) is 29.6. The van der Waals surface area contributed by atoms with E-state index >= 15 is 0 Å². The number of benzene rings is 2. The second-order valence-electron chi connectivity index (χ2n) is 11.3. The SMILES string of the molecule is CCC(C)P(C1=Cc2ccccc2[CH]1[Zr][CH]1C(P(C(C)CC)C(C)CC)=Cc2ccccc21)C(C)CC. The van der Waals surface area contributed by atoms with E-state index in [4.69, 9.17) is 0 Å². The molecular formula is C34H48P2Zr. The van der Waals surface area contributed by atoms with Crippen molar-refractivity contribution in [3.8, 4) is 0 Å². The Morgan fingerprint density at radius 2 is 0.892 bits per heavy atom. The molecule has 0 spiro atoms. The van der Waals surface area contributed by atoms with E-state index in [1.807, 2.05) is 10.6 Å². The molecule has 2 aromatic carbocycles. The van der Waals surface area contributed by atoms with E-state index < -0.39 is 23.2 Å². The molecule has 2 aliphatic carbocycles. The summed E-state index contributed by atoms with van der Waals surface area (Å²) in [6.07, 6.45) is 10.6. The van der Waals surface area contributed by atoms with Crippen LogP contribution < -0.4 is 0 Å². The fraction of sp³-hybridized carbons (Fsp3) is 0.529. The minimum absolute atomic E-state index is 0.129. The monoisotopic (exact) mass is 608 g/mol. The number of rotatable bonds is 12. The summed E-state index contributed by atoms with van der Waals surface area (Å²) < 4.78 is 1.44. The van der Waals surface area contributed by atoms with E-state index in [0.717, 1.165) is 29.9 Å². The zero-order chi connectivity index (χ0) is 26.7. The van der Waals surface area contributed by atoms with Crippen molar-refractivity contribution in [3.63, 3.8) is 0 Å². The number of allylic oxidation sites excluding steroid dienone is 2. The zero-order valence-electron chi connectivity index (χ0n) is 24.5. The van der Waals surface area contributed by atoms with Crippen LogP contribution in [0, 0.1) is 0 Å². The van der Waals surface area contributed by atoms with E-state index in [2.05, 4.69) is 116 Å². The van der Waals surface area contributed by atoms with E-state index in [1.165, 1.54) is 36.8 Å². The van der Waals surface area contributed by atoms with Crippen molar-refractivity contribution >= 4 is 28.0 Å². The number of fused-ring (bicyclic) bond motifs is 2. The van der Waals surface area contributed by atoms with Gasteiger partial charge in [-0.1, -0.05) is 0 Å². The molecule has 0 nitrogen and oxygen atoms in total. The predicted molar refractivity (Wildman–Crippen MR) is 167 cm³/mol. The Kier molecular flexibility index (Phi) is 10.7. The van der Waals surface area contributed by atoms with Gasteiger partial charge in [-0.05, 0) is 0 Å². The van der Waals surface area contributed by atoms with Crippen LogP contribution in [0.4, 0.5) is 0 Å². The topological polar surface area (TPSA) is 0 Å². The van der Waals surface area contributed by atoms with Crippen LogP contribution in [0.2, 0.25) is 0 Å². The molecule has 0 N–H and O–H groups in total. The van der Waals surface area contributed by atoms with E-state index in [0.29, 0.717) is 0 Å². The molecule has 3 heteroatoms. The van der Waals surface area contributed by atoms with Gasteiger partial charge in [-0.15, -0.1) is 0 Å². The van der Waals surface area contributed by atoms with Gasteiger partial charge in [0.25, 0.3) is 0 Å². The summed E-state index contributed by atoms with van der Waals surface area (Å²) in [5.41, 5.74) is 9.61. The van der Waals surface area contributed by atoms with Gasteiger partial charge in [-0.2, -0.15) is 0 Å². The standard InChI is InChI=1S/2C17H24P.Zr/c2*1-5-13(3)18(14(4)6-2)17-11-15-9-7-8-10-16(15)12-17;/h2*7-14H,5-6H2,1-4H3;. The van der Waals surface area contributed by atoms with Crippen LogP contribution in [-0.4, -0.2) is 22.6 Å². The third-order valence-electron chi connectivity index (χ3n) is 9.00. The molecule has 6 unspecified atom stereocenters. The van der Waals surface area contributed by atoms with Crippen LogP contribution in [0.5, 0.6) is 0 Å². The van der Waals surface area contributed by atoms with Crippen molar-refractivity contribution in [2.75, 3.05) is 0 Å². The van der Waals surface area contributed by atoms with Crippen LogP contribution in [0.15, 0.2) is 59.2 Å².